The van der Waals surface area contributed by atoms with Crippen LogP contribution in [0, 0.1) is 13.8 Å². The second-order valence-electron chi connectivity index (χ2n) is 5.40. The SMILES string of the molecule is Cc1ccc(-c2ccc(-c3ccc(C)s3)c3nsnc23)cc1. The van der Waals surface area contributed by atoms with E-state index < -0.39 is 0 Å². The predicted octanol–water partition coefficient (Wildman–Crippen LogP) is 5.70. The van der Waals surface area contributed by atoms with E-state index in [0.29, 0.717) is 0 Å². The van der Waals surface area contributed by atoms with Gasteiger partial charge in [0, 0.05) is 20.9 Å². The van der Waals surface area contributed by atoms with Crippen LogP contribution < -0.4 is 0 Å². The molecule has 2 nitrogen and oxygen atoms in total. The lowest BCUT2D eigenvalue weighted by Gasteiger charge is -2.06. The van der Waals surface area contributed by atoms with E-state index in [2.05, 4.69) is 71.1 Å². The average Bonchev–Trinajstić information content (AvgIpc) is 3.16. The summed E-state index contributed by atoms with van der Waals surface area (Å²) in [6.45, 7) is 4.23. The van der Waals surface area contributed by atoms with E-state index in [1.54, 1.807) is 11.3 Å². The zero-order valence-corrected chi connectivity index (χ0v) is 14.0. The number of rotatable bonds is 2. The molecule has 0 atom stereocenters. The Morgan fingerprint density at radius 3 is 2.09 bits per heavy atom. The van der Waals surface area contributed by atoms with Crippen LogP contribution in [0.2, 0.25) is 0 Å². The molecule has 0 saturated carbocycles. The highest BCUT2D eigenvalue weighted by Gasteiger charge is 2.14. The Morgan fingerprint density at radius 1 is 0.727 bits per heavy atom. The molecule has 2 aromatic carbocycles. The molecule has 0 spiro atoms. The molecular weight excluding hydrogens is 308 g/mol. The molecule has 0 unspecified atom stereocenters. The van der Waals surface area contributed by atoms with Crippen molar-refractivity contribution in [2.75, 3.05) is 0 Å². The Kier molecular flexibility index (Phi) is 3.28. The van der Waals surface area contributed by atoms with Gasteiger partial charge in [-0.1, -0.05) is 42.0 Å². The second kappa shape index (κ2) is 5.30. The average molecular weight is 322 g/mol. The highest BCUT2D eigenvalue weighted by atomic mass is 32.1. The smallest absolute Gasteiger partial charge is 0.114 e. The van der Waals surface area contributed by atoms with Gasteiger partial charge in [0.05, 0.1) is 11.7 Å². The van der Waals surface area contributed by atoms with E-state index >= 15 is 0 Å². The van der Waals surface area contributed by atoms with E-state index in [0.717, 1.165) is 16.6 Å². The van der Waals surface area contributed by atoms with Gasteiger partial charge in [-0.05, 0) is 31.5 Å². The maximum atomic E-state index is 4.55. The molecule has 2 heterocycles. The summed E-state index contributed by atoms with van der Waals surface area (Å²) < 4.78 is 9.09. The standard InChI is InChI=1S/C18H14N2S2/c1-11-3-6-13(7-4-11)14-8-9-15(16-10-5-12(2)21-16)18-17(14)19-22-20-18/h3-10H,1-2H3. The zero-order valence-electron chi connectivity index (χ0n) is 12.3. The number of fused-ring (bicyclic) bond motifs is 1. The van der Waals surface area contributed by atoms with E-state index in [1.165, 1.54) is 38.2 Å². The molecule has 4 heteroatoms. The lowest BCUT2D eigenvalue weighted by Crippen LogP contribution is -1.84. The molecule has 0 amide bonds. The van der Waals surface area contributed by atoms with Gasteiger partial charge in [-0.2, -0.15) is 8.75 Å². The summed E-state index contributed by atoms with van der Waals surface area (Å²) in [6, 6.07) is 17.2. The summed E-state index contributed by atoms with van der Waals surface area (Å²) in [5.74, 6) is 0. The molecule has 4 rings (SSSR count). The maximum absolute atomic E-state index is 4.55. The molecule has 0 aliphatic carbocycles. The minimum atomic E-state index is 0.998. The second-order valence-corrected chi connectivity index (χ2v) is 7.21. The fourth-order valence-corrected chi connectivity index (χ4v) is 4.08. The van der Waals surface area contributed by atoms with Crippen LogP contribution in [-0.2, 0) is 0 Å². The third kappa shape index (κ3) is 2.25. The van der Waals surface area contributed by atoms with Crippen LogP contribution >= 0.6 is 23.1 Å². The van der Waals surface area contributed by atoms with Crippen LogP contribution in [0.25, 0.3) is 32.6 Å². The molecule has 0 bridgehead atoms. The van der Waals surface area contributed by atoms with Gasteiger partial charge < -0.3 is 0 Å². The molecule has 108 valence electrons. The van der Waals surface area contributed by atoms with Crippen molar-refractivity contribution in [2.24, 2.45) is 0 Å². The zero-order chi connectivity index (χ0) is 15.1. The summed E-state index contributed by atoms with van der Waals surface area (Å²) in [6.07, 6.45) is 0. The summed E-state index contributed by atoms with van der Waals surface area (Å²) in [7, 11) is 0. The van der Waals surface area contributed by atoms with Gasteiger partial charge in [0.1, 0.15) is 11.0 Å². The summed E-state index contributed by atoms with van der Waals surface area (Å²) in [4.78, 5) is 2.57. The third-order valence-corrected chi connectivity index (χ3v) is 5.35. The van der Waals surface area contributed by atoms with E-state index in [-0.39, 0.29) is 0 Å². The summed E-state index contributed by atoms with van der Waals surface area (Å²) >= 11 is 3.08. The number of benzene rings is 2. The third-order valence-electron chi connectivity index (χ3n) is 3.78. The van der Waals surface area contributed by atoms with Gasteiger partial charge in [0.25, 0.3) is 0 Å². The first kappa shape index (κ1) is 13.6. The minimum absolute atomic E-state index is 0.998. The molecule has 0 saturated heterocycles. The fraction of sp³-hybridized carbons (Fsp3) is 0.111. The van der Waals surface area contributed by atoms with Crippen molar-refractivity contribution in [1.82, 2.24) is 8.75 Å². The lowest BCUT2D eigenvalue weighted by atomic mass is 10.00. The van der Waals surface area contributed by atoms with Crippen molar-refractivity contribution in [3.05, 3.63) is 59.0 Å². The number of thiophene rings is 1. The normalized spacial score (nSPS) is 11.2. The van der Waals surface area contributed by atoms with Crippen LogP contribution in [0.15, 0.2) is 48.5 Å². The van der Waals surface area contributed by atoms with Gasteiger partial charge in [-0.15, -0.1) is 11.3 Å². The molecule has 2 aromatic heterocycles. The van der Waals surface area contributed by atoms with Crippen molar-refractivity contribution < 1.29 is 0 Å². The molecule has 0 N–H and O–H groups in total. The Balaban J connectivity index is 1.93. The largest absolute Gasteiger partial charge is 0.172 e. The van der Waals surface area contributed by atoms with Gasteiger partial charge in [0.15, 0.2) is 0 Å². The molecular formula is C18H14N2S2. The van der Waals surface area contributed by atoms with Crippen LogP contribution in [0.3, 0.4) is 0 Å². The number of hydrogen-bond donors (Lipinski definition) is 0. The summed E-state index contributed by atoms with van der Waals surface area (Å²) in [5, 5.41) is 0. The summed E-state index contributed by atoms with van der Waals surface area (Å²) in [5.41, 5.74) is 6.79. The van der Waals surface area contributed by atoms with Crippen LogP contribution in [-0.4, -0.2) is 8.75 Å². The van der Waals surface area contributed by atoms with Crippen molar-refractivity contribution in [2.45, 2.75) is 13.8 Å². The predicted molar refractivity (Wildman–Crippen MR) is 95.6 cm³/mol. The maximum Gasteiger partial charge on any atom is 0.114 e. The number of nitrogens with zero attached hydrogens (tertiary/aromatic N) is 2. The quantitative estimate of drug-likeness (QED) is 0.473. The topological polar surface area (TPSA) is 25.8 Å². The highest BCUT2D eigenvalue weighted by Crippen LogP contribution is 2.37. The van der Waals surface area contributed by atoms with Crippen molar-refractivity contribution >= 4 is 34.1 Å². The first-order chi connectivity index (χ1) is 10.7. The Morgan fingerprint density at radius 2 is 1.41 bits per heavy atom. The number of aromatic nitrogens is 2. The monoisotopic (exact) mass is 322 g/mol. The van der Waals surface area contributed by atoms with E-state index in [9.17, 15) is 0 Å². The first-order valence-corrected chi connectivity index (χ1v) is 8.66. The van der Waals surface area contributed by atoms with E-state index in [4.69, 9.17) is 0 Å². The Hall–Kier alpha value is -2.04. The lowest BCUT2D eigenvalue weighted by molar-refractivity contribution is 1.47. The van der Waals surface area contributed by atoms with Crippen LogP contribution in [0.5, 0.6) is 0 Å². The molecule has 0 radical (unpaired) electrons. The molecule has 0 aliphatic rings. The van der Waals surface area contributed by atoms with Gasteiger partial charge >= 0.3 is 0 Å². The molecule has 22 heavy (non-hydrogen) atoms. The minimum Gasteiger partial charge on any atom is -0.172 e. The number of aryl methyl sites for hydroxylation is 2. The van der Waals surface area contributed by atoms with Gasteiger partial charge in [-0.25, -0.2) is 0 Å². The molecule has 0 fully saturated rings. The van der Waals surface area contributed by atoms with Gasteiger partial charge in [-0.3, -0.25) is 0 Å². The number of hydrogen-bond acceptors (Lipinski definition) is 4. The first-order valence-electron chi connectivity index (χ1n) is 7.11. The molecule has 0 aliphatic heterocycles. The van der Waals surface area contributed by atoms with Gasteiger partial charge in [0.2, 0.25) is 0 Å². The van der Waals surface area contributed by atoms with Crippen LogP contribution in [0.1, 0.15) is 10.4 Å². The Bertz CT molecular complexity index is 949. The van der Waals surface area contributed by atoms with E-state index in [1.807, 2.05) is 0 Å². The fourth-order valence-electron chi connectivity index (χ4n) is 2.61. The highest BCUT2D eigenvalue weighted by molar-refractivity contribution is 7.15. The van der Waals surface area contributed by atoms with Crippen molar-refractivity contribution in [3.8, 4) is 21.6 Å². The Labute approximate surface area is 137 Å². The van der Waals surface area contributed by atoms with Crippen LogP contribution in [0.4, 0.5) is 0 Å². The van der Waals surface area contributed by atoms with Crippen molar-refractivity contribution in [1.29, 1.82) is 0 Å². The van der Waals surface area contributed by atoms with Crippen molar-refractivity contribution in [3.63, 3.8) is 0 Å². The molecule has 4 aromatic rings.